The largest absolute Gasteiger partial charge is 0.305 e. The monoisotopic (exact) mass is 185 g/mol. The minimum atomic E-state index is -0.772. The Balaban J connectivity index is 2.53. The van der Waals surface area contributed by atoms with Crippen LogP contribution in [0.1, 0.15) is 0 Å². The van der Waals surface area contributed by atoms with E-state index in [2.05, 4.69) is 13.2 Å². The highest BCUT2D eigenvalue weighted by atomic mass is 19.1. The van der Waals surface area contributed by atoms with Crippen molar-refractivity contribution in [3.05, 3.63) is 36.5 Å². The molecule has 1 nitrogen and oxygen atoms in total. The molecule has 0 aliphatic carbocycles. The number of likely N-dealkylation sites (tertiary alicyclic amines) is 1. The number of halogens is 2. The third-order valence-corrected chi connectivity index (χ3v) is 2.15. The lowest BCUT2D eigenvalue weighted by molar-refractivity contribution is 0.161. The Hall–Kier alpha value is -0.960. The van der Waals surface area contributed by atoms with Crippen LogP contribution in [0.25, 0.3) is 0 Å². The molecule has 0 aromatic rings. The first-order chi connectivity index (χ1) is 6.00. The molecule has 0 radical (unpaired) electrons. The van der Waals surface area contributed by atoms with Crippen molar-refractivity contribution in [1.29, 1.82) is 0 Å². The molecular formula is C10H13F2N. The van der Waals surface area contributed by atoms with Gasteiger partial charge < -0.3 is 4.90 Å². The summed E-state index contributed by atoms with van der Waals surface area (Å²) in [5.41, 5.74) is 0.372. The van der Waals surface area contributed by atoms with Crippen molar-refractivity contribution < 1.29 is 8.78 Å². The van der Waals surface area contributed by atoms with E-state index in [9.17, 15) is 8.78 Å². The second-order valence-electron chi connectivity index (χ2n) is 3.38. The first-order valence-electron chi connectivity index (χ1n) is 4.10. The van der Waals surface area contributed by atoms with Crippen LogP contribution in [-0.2, 0) is 0 Å². The van der Waals surface area contributed by atoms with E-state index in [-0.39, 0.29) is 5.92 Å². The predicted molar refractivity (Wildman–Crippen MR) is 49.6 cm³/mol. The fourth-order valence-electron chi connectivity index (χ4n) is 1.34. The van der Waals surface area contributed by atoms with E-state index in [0.717, 1.165) is 19.2 Å². The van der Waals surface area contributed by atoms with Gasteiger partial charge >= 0.3 is 0 Å². The van der Waals surface area contributed by atoms with Gasteiger partial charge in [0.1, 0.15) is 11.7 Å². The van der Waals surface area contributed by atoms with Crippen molar-refractivity contribution in [1.82, 2.24) is 4.90 Å². The van der Waals surface area contributed by atoms with E-state index in [1.54, 1.807) is 0 Å². The lowest BCUT2D eigenvalue weighted by atomic mass is 9.92. The van der Waals surface area contributed by atoms with Crippen molar-refractivity contribution in [2.75, 3.05) is 20.1 Å². The average molecular weight is 185 g/mol. The van der Waals surface area contributed by atoms with Crippen LogP contribution in [0.4, 0.5) is 8.78 Å². The first kappa shape index (κ1) is 10.1. The van der Waals surface area contributed by atoms with Crippen LogP contribution in [0.15, 0.2) is 36.5 Å². The van der Waals surface area contributed by atoms with Crippen LogP contribution < -0.4 is 0 Å². The molecule has 1 rings (SSSR count). The van der Waals surface area contributed by atoms with E-state index >= 15 is 0 Å². The molecule has 3 heteroatoms. The molecule has 1 saturated heterocycles. The molecule has 0 atom stereocenters. The first-order valence-corrected chi connectivity index (χ1v) is 4.10. The zero-order valence-corrected chi connectivity index (χ0v) is 7.69. The minimum absolute atomic E-state index is 0.126. The number of hydrogen-bond donors (Lipinski definition) is 0. The summed E-state index contributed by atoms with van der Waals surface area (Å²) < 4.78 is 25.3. The van der Waals surface area contributed by atoms with Crippen LogP contribution in [0, 0.1) is 5.92 Å². The molecule has 0 aromatic carbocycles. The third kappa shape index (κ3) is 2.49. The summed E-state index contributed by atoms with van der Waals surface area (Å²) in [7, 11) is 1.94. The number of rotatable bonds is 3. The van der Waals surface area contributed by atoms with E-state index in [1.165, 1.54) is 0 Å². The van der Waals surface area contributed by atoms with Crippen LogP contribution in [-0.4, -0.2) is 25.0 Å². The van der Waals surface area contributed by atoms with E-state index in [1.807, 2.05) is 11.9 Å². The Kier molecular flexibility index (Phi) is 2.98. The summed E-state index contributed by atoms with van der Waals surface area (Å²) in [6, 6.07) is 0. The molecule has 13 heavy (non-hydrogen) atoms. The Bertz CT molecular complexity index is 262. The fraction of sp³-hybridized carbons (Fsp3) is 0.400. The smallest absolute Gasteiger partial charge is 0.129 e. The van der Waals surface area contributed by atoms with Crippen LogP contribution in [0.5, 0.6) is 0 Å². The molecule has 1 fully saturated rings. The van der Waals surface area contributed by atoms with Crippen LogP contribution in [0.2, 0.25) is 0 Å². The summed E-state index contributed by atoms with van der Waals surface area (Å²) in [6.45, 7) is 8.13. The summed E-state index contributed by atoms with van der Waals surface area (Å²) >= 11 is 0. The molecule has 0 saturated carbocycles. The van der Waals surface area contributed by atoms with Gasteiger partial charge in [-0.3, -0.25) is 0 Å². The van der Waals surface area contributed by atoms with E-state index < -0.39 is 11.7 Å². The Labute approximate surface area is 77.0 Å². The zero-order valence-electron chi connectivity index (χ0n) is 7.69. The van der Waals surface area contributed by atoms with Crippen molar-refractivity contribution in [3.8, 4) is 0 Å². The maximum atomic E-state index is 13.1. The van der Waals surface area contributed by atoms with Gasteiger partial charge in [-0.1, -0.05) is 13.2 Å². The maximum absolute atomic E-state index is 13.1. The quantitative estimate of drug-likeness (QED) is 0.610. The molecule has 72 valence electrons. The van der Waals surface area contributed by atoms with Crippen molar-refractivity contribution in [3.63, 3.8) is 0 Å². The molecule has 1 heterocycles. The SMILES string of the molecule is C=C(F)/C=C(/F)C(=C)C1CN(C)C1. The predicted octanol–water partition coefficient (Wildman–Crippen LogP) is 2.44. The Morgan fingerprint density at radius 2 is 1.92 bits per heavy atom. The van der Waals surface area contributed by atoms with Gasteiger partial charge in [0.25, 0.3) is 0 Å². The second-order valence-corrected chi connectivity index (χ2v) is 3.38. The summed E-state index contributed by atoms with van der Waals surface area (Å²) in [6.07, 6.45) is 0.778. The number of allylic oxidation sites excluding steroid dienone is 3. The van der Waals surface area contributed by atoms with Crippen molar-refractivity contribution in [2.24, 2.45) is 5.92 Å². The van der Waals surface area contributed by atoms with Crippen LogP contribution >= 0.6 is 0 Å². The number of hydrogen-bond acceptors (Lipinski definition) is 1. The van der Waals surface area contributed by atoms with E-state index in [0.29, 0.717) is 5.57 Å². The van der Waals surface area contributed by atoms with Gasteiger partial charge in [-0.25, -0.2) is 8.78 Å². The highest BCUT2D eigenvalue weighted by Gasteiger charge is 2.27. The topological polar surface area (TPSA) is 3.24 Å². The summed E-state index contributed by atoms with van der Waals surface area (Å²) in [5, 5.41) is 0. The van der Waals surface area contributed by atoms with Gasteiger partial charge in [0, 0.05) is 25.1 Å². The van der Waals surface area contributed by atoms with Gasteiger partial charge in [0.15, 0.2) is 0 Å². The fourth-order valence-corrected chi connectivity index (χ4v) is 1.34. The van der Waals surface area contributed by atoms with Gasteiger partial charge in [0.05, 0.1) is 0 Å². The molecule has 0 N–H and O–H groups in total. The van der Waals surface area contributed by atoms with Gasteiger partial charge in [-0.05, 0) is 12.6 Å². The maximum Gasteiger partial charge on any atom is 0.129 e. The highest BCUT2D eigenvalue weighted by Crippen LogP contribution is 2.27. The molecular weight excluding hydrogens is 172 g/mol. The van der Waals surface area contributed by atoms with E-state index in [4.69, 9.17) is 0 Å². The van der Waals surface area contributed by atoms with Crippen LogP contribution in [0.3, 0.4) is 0 Å². The minimum Gasteiger partial charge on any atom is -0.305 e. The van der Waals surface area contributed by atoms with Crippen molar-refractivity contribution in [2.45, 2.75) is 0 Å². The Morgan fingerprint density at radius 3 is 2.31 bits per heavy atom. The van der Waals surface area contributed by atoms with Crippen molar-refractivity contribution >= 4 is 0 Å². The standard InChI is InChI=1S/C10H13F2N/c1-7(11)4-10(12)8(2)9-5-13(3)6-9/h4,9H,1-2,5-6H2,3H3/b10-4+. The lowest BCUT2D eigenvalue weighted by Crippen LogP contribution is -2.44. The summed E-state index contributed by atoms with van der Waals surface area (Å²) in [4.78, 5) is 2.05. The molecule has 0 aromatic heterocycles. The molecule has 1 aliphatic heterocycles. The second kappa shape index (κ2) is 3.83. The molecule has 0 unspecified atom stereocenters. The molecule has 1 aliphatic rings. The normalized spacial score (nSPS) is 19.8. The summed E-state index contributed by atoms with van der Waals surface area (Å²) in [5.74, 6) is -1.24. The highest BCUT2D eigenvalue weighted by molar-refractivity contribution is 5.31. The van der Waals surface area contributed by atoms with Gasteiger partial charge in [-0.2, -0.15) is 0 Å². The Morgan fingerprint density at radius 1 is 1.38 bits per heavy atom. The lowest BCUT2D eigenvalue weighted by Gasteiger charge is -2.37. The zero-order chi connectivity index (χ0) is 10.0. The molecule has 0 spiro atoms. The van der Waals surface area contributed by atoms with Gasteiger partial charge in [0.2, 0.25) is 0 Å². The average Bonchev–Trinajstić information content (AvgIpc) is 1.96. The number of nitrogens with zero attached hydrogens (tertiary/aromatic N) is 1. The molecule has 0 bridgehead atoms. The van der Waals surface area contributed by atoms with Gasteiger partial charge in [-0.15, -0.1) is 0 Å². The molecule has 0 amide bonds. The third-order valence-electron chi connectivity index (χ3n) is 2.15.